The number of nitrogens with one attached hydrogen (secondary N) is 1. The molecule has 1 fully saturated rings. The largest absolute Gasteiger partial charge is 0.409 e. The Balaban J connectivity index is 1.73. The molecule has 6 nitrogen and oxygen atoms in total. The third-order valence-corrected chi connectivity index (χ3v) is 5.87. The van der Waals surface area contributed by atoms with Crippen molar-refractivity contribution in [3.63, 3.8) is 0 Å². The van der Waals surface area contributed by atoms with Crippen molar-refractivity contribution in [2.75, 3.05) is 13.1 Å². The number of aromatic nitrogens is 3. The molecular weight excluding hydrogens is 386 g/mol. The van der Waals surface area contributed by atoms with E-state index in [2.05, 4.69) is 20.1 Å². The van der Waals surface area contributed by atoms with Crippen molar-refractivity contribution >= 4 is 17.4 Å². The van der Waals surface area contributed by atoms with Crippen LogP contribution in [0.25, 0.3) is 22.4 Å². The van der Waals surface area contributed by atoms with Gasteiger partial charge in [0.1, 0.15) is 11.5 Å². The van der Waals surface area contributed by atoms with E-state index in [0.717, 1.165) is 60.4 Å². The molecule has 0 radical (unpaired) electrons. The lowest BCUT2D eigenvalue weighted by atomic mass is 9.89. The predicted octanol–water partition coefficient (Wildman–Crippen LogP) is 5.17. The Labute approximate surface area is 175 Å². The number of amidine groups is 1. The lowest BCUT2D eigenvalue weighted by molar-refractivity contribution is 0.299. The van der Waals surface area contributed by atoms with Crippen molar-refractivity contribution in [2.24, 2.45) is 5.16 Å². The number of benzene rings is 1. The van der Waals surface area contributed by atoms with Gasteiger partial charge in [0.05, 0.1) is 0 Å². The van der Waals surface area contributed by atoms with Gasteiger partial charge in [-0.2, -0.15) is 5.10 Å². The number of pyridine rings is 1. The number of hydrogen-bond acceptors (Lipinski definition) is 4. The first-order chi connectivity index (χ1) is 14.2. The third kappa shape index (κ3) is 4.12. The molecule has 2 N–H and O–H groups in total. The van der Waals surface area contributed by atoms with Gasteiger partial charge in [0.25, 0.3) is 0 Å². The predicted molar refractivity (Wildman–Crippen MR) is 115 cm³/mol. The van der Waals surface area contributed by atoms with Crippen LogP contribution in [-0.2, 0) is 0 Å². The van der Waals surface area contributed by atoms with Crippen molar-refractivity contribution in [3.8, 4) is 22.4 Å². The molecule has 0 bridgehead atoms. The minimum atomic E-state index is 0.350. The molecule has 1 atom stereocenters. The van der Waals surface area contributed by atoms with Gasteiger partial charge < -0.3 is 10.1 Å². The van der Waals surface area contributed by atoms with E-state index in [1.165, 1.54) is 0 Å². The van der Waals surface area contributed by atoms with Crippen LogP contribution in [0.15, 0.2) is 53.9 Å². The van der Waals surface area contributed by atoms with Crippen LogP contribution in [0.5, 0.6) is 0 Å². The minimum Gasteiger partial charge on any atom is -0.409 e. The van der Waals surface area contributed by atoms with E-state index in [9.17, 15) is 0 Å². The summed E-state index contributed by atoms with van der Waals surface area (Å²) in [4.78, 5) is 6.32. The minimum absolute atomic E-state index is 0.350. The van der Waals surface area contributed by atoms with E-state index >= 15 is 0 Å². The van der Waals surface area contributed by atoms with Gasteiger partial charge in [0, 0.05) is 53.2 Å². The summed E-state index contributed by atoms with van der Waals surface area (Å²) in [5.41, 5.74) is 5.34. The highest BCUT2D eigenvalue weighted by molar-refractivity contribution is 6.30. The van der Waals surface area contributed by atoms with E-state index in [1.54, 1.807) is 0 Å². The molecule has 3 aromatic rings. The first kappa shape index (κ1) is 19.5. The molecule has 0 spiro atoms. The molecule has 0 aliphatic carbocycles. The Morgan fingerprint density at radius 3 is 2.59 bits per heavy atom. The van der Waals surface area contributed by atoms with Crippen LogP contribution in [0.1, 0.15) is 37.8 Å². The molecule has 0 saturated carbocycles. The molecule has 1 aromatic carbocycles. The van der Waals surface area contributed by atoms with Crippen molar-refractivity contribution < 1.29 is 5.21 Å². The topological polar surface area (TPSA) is 77.4 Å². The second kappa shape index (κ2) is 8.66. The first-order valence-electron chi connectivity index (χ1n) is 9.85. The maximum atomic E-state index is 9.12. The molecule has 7 heteroatoms. The fraction of sp³-hybridized carbons (Fsp3) is 0.318. The van der Waals surface area contributed by atoms with Crippen molar-refractivity contribution in [1.29, 1.82) is 0 Å². The summed E-state index contributed by atoms with van der Waals surface area (Å²) in [6, 6.07) is 11.8. The van der Waals surface area contributed by atoms with Crippen LogP contribution in [0.4, 0.5) is 0 Å². The molecule has 1 saturated heterocycles. The number of aromatic amines is 1. The van der Waals surface area contributed by atoms with Gasteiger partial charge >= 0.3 is 0 Å². The van der Waals surface area contributed by atoms with Crippen LogP contribution in [-0.4, -0.2) is 44.2 Å². The van der Waals surface area contributed by atoms with Crippen molar-refractivity contribution in [1.82, 2.24) is 20.1 Å². The second-order valence-corrected chi connectivity index (χ2v) is 7.80. The zero-order valence-corrected chi connectivity index (χ0v) is 17.1. The van der Waals surface area contributed by atoms with Crippen molar-refractivity contribution in [3.05, 3.63) is 59.5 Å². The SMILES string of the molecule is C/C(=N\O)N1CCCC(c2[nH]nc(-c3ccc(Cl)cc3)c2-c2ccncc2)CC1. The average molecular weight is 410 g/mol. The highest BCUT2D eigenvalue weighted by atomic mass is 35.5. The van der Waals surface area contributed by atoms with E-state index in [0.29, 0.717) is 16.8 Å². The van der Waals surface area contributed by atoms with Gasteiger partial charge in [-0.3, -0.25) is 10.1 Å². The Hall–Kier alpha value is -2.86. The molecule has 0 amide bonds. The fourth-order valence-corrected chi connectivity index (χ4v) is 4.18. The number of hydrogen-bond donors (Lipinski definition) is 2. The number of oxime groups is 1. The van der Waals surface area contributed by atoms with Gasteiger partial charge in [-0.25, -0.2) is 0 Å². The smallest absolute Gasteiger partial charge is 0.141 e. The monoisotopic (exact) mass is 409 g/mol. The molecule has 29 heavy (non-hydrogen) atoms. The highest BCUT2D eigenvalue weighted by Gasteiger charge is 2.26. The number of likely N-dealkylation sites (tertiary alicyclic amines) is 1. The molecular formula is C22H24ClN5O. The van der Waals surface area contributed by atoms with Gasteiger partial charge in [-0.15, -0.1) is 0 Å². The van der Waals surface area contributed by atoms with E-state index in [4.69, 9.17) is 21.9 Å². The van der Waals surface area contributed by atoms with Crippen LogP contribution in [0.3, 0.4) is 0 Å². The van der Waals surface area contributed by atoms with Crippen LogP contribution in [0, 0.1) is 0 Å². The van der Waals surface area contributed by atoms with E-state index in [1.807, 2.05) is 55.7 Å². The van der Waals surface area contributed by atoms with E-state index in [-0.39, 0.29) is 0 Å². The van der Waals surface area contributed by atoms with Crippen LogP contribution in [0.2, 0.25) is 5.02 Å². The number of H-pyrrole nitrogens is 1. The van der Waals surface area contributed by atoms with Crippen LogP contribution < -0.4 is 0 Å². The summed E-state index contributed by atoms with van der Waals surface area (Å²) in [6.07, 6.45) is 6.67. The quantitative estimate of drug-likeness (QED) is 0.271. The normalized spacial score (nSPS) is 17.9. The van der Waals surface area contributed by atoms with Crippen LogP contribution >= 0.6 is 11.6 Å². The lowest BCUT2D eigenvalue weighted by Crippen LogP contribution is -2.29. The Bertz CT molecular complexity index is 984. The number of halogens is 1. The summed E-state index contributed by atoms with van der Waals surface area (Å²) in [6.45, 7) is 3.60. The highest BCUT2D eigenvalue weighted by Crippen LogP contribution is 2.39. The molecule has 4 rings (SSSR count). The number of nitrogens with zero attached hydrogens (tertiary/aromatic N) is 4. The standard InChI is InChI=1S/C22H24ClN5O/c1-15(27-29)28-13-2-3-17(10-14-28)21-20(16-8-11-24-12-9-16)22(26-25-21)18-4-6-19(23)7-5-18/h4-9,11-12,17,29H,2-3,10,13-14H2,1H3,(H,25,26)/b27-15+. The second-order valence-electron chi connectivity index (χ2n) is 7.37. The Morgan fingerprint density at radius 1 is 1.10 bits per heavy atom. The molecule has 3 heterocycles. The third-order valence-electron chi connectivity index (χ3n) is 5.62. The van der Waals surface area contributed by atoms with Gasteiger partial charge in [0.2, 0.25) is 0 Å². The molecule has 1 unspecified atom stereocenters. The van der Waals surface area contributed by atoms with Gasteiger partial charge in [-0.05, 0) is 56.0 Å². The summed E-state index contributed by atoms with van der Waals surface area (Å²) in [5, 5.41) is 21.2. The maximum Gasteiger partial charge on any atom is 0.141 e. The molecule has 150 valence electrons. The zero-order chi connectivity index (χ0) is 20.2. The zero-order valence-electron chi connectivity index (χ0n) is 16.3. The van der Waals surface area contributed by atoms with E-state index < -0.39 is 0 Å². The first-order valence-corrected chi connectivity index (χ1v) is 10.2. The fourth-order valence-electron chi connectivity index (χ4n) is 4.05. The number of rotatable bonds is 3. The molecule has 1 aliphatic heterocycles. The molecule has 2 aromatic heterocycles. The van der Waals surface area contributed by atoms with Crippen molar-refractivity contribution in [2.45, 2.75) is 32.1 Å². The Morgan fingerprint density at radius 2 is 1.86 bits per heavy atom. The molecule has 1 aliphatic rings. The van der Waals surface area contributed by atoms with Gasteiger partial charge in [0.15, 0.2) is 0 Å². The summed E-state index contributed by atoms with van der Waals surface area (Å²) < 4.78 is 0. The lowest BCUT2D eigenvalue weighted by Gasteiger charge is -2.21. The summed E-state index contributed by atoms with van der Waals surface area (Å²) in [5.74, 6) is 1.02. The Kier molecular flexibility index (Phi) is 5.81. The average Bonchev–Trinajstić information content (AvgIpc) is 3.05. The maximum absolute atomic E-state index is 9.12. The summed E-state index contributed by atoms with van der Waals surface area (Å²) >= 11 is 6.08. The summed E-state index contributed by atoms with van der Waals surface area (Å²) in [7, 11) is 0. The van der Waals surface area contributed by atoms with Gasteiger partial charge in [-0.1, -0.05) is 28.9 Å².